The van der Waals surface area contributed by atoms with Gasteiger partial charge in [0.15, 0.2) is 0 Å². The van der Waals surface area contributed by atoms with Gasteiger partial charge in [0.1, 0.15) is 11.6 Å². The zero-order valence-electron chi connectivity index (χ0n) is 14.8. The smallest absolute Gasteiger partial charge is 0.408 e. The maximum atomic E-state index is 12.4. The molecule has 1 unspecified atom stereocenters. The van der Waals surface area contributed by atoms with E-state index in [1.54, 1.807) is 45.0 Å². The third-order valence-electron chi connectivity index (χ3n) is 2.89. The first-order valence-corrected chi connectivity index (χ1v) is 8.25. The fourth-order valence-corrected chi connectivity index (χ4v) is 2.03. The van der Waals surface area contributed by atoms with Crippen LogP contribution in [0.2, 0.25) is 5.02 Å². The molecule has 0 fully saturated rings. The summed E-state index contributed by atoms with van der Waals surface area (Å²) in [7, 11) is 0. The number of carbonyl (C=O) groups is 2. The Morgan fingerprint density at radius 2 is 1.75 bits per heavy atom. The zero-order valence-corrected chi connectivity index (χ0v) is 15.5. The zero-order chi connectivity index (χ0) is 18.3. The predicted molar refractivity (Wildman–Crippen MR) is 95.8 cm³/mol. The van der Waals surface area contributed by atoms with E-state index in [2.05, 4.69) is 16.2 Å². The van der Waals surface area contributed by atoms with Crippen LogP contribution < -0.4 is 16.2 Å². The first-order valence-electron chi connectivity index (χ1n) is 7.88. The van der Waals surface area contributed by atoms with Crippen LogP contribution in [0.15, 0.2) is 24.3 Å². The molecule has 1 aromatic rings. The van der Waals surface area contributed by atoms with Crippen molar-refractivity contribution in [3.8, 4) is 0 Å². The molecule has 0 bridgehead atoms. The highest BCUT2D eigenvalue weighted by molar-refractivity contribution is 6.30. The molecule has 7 heteroatoms. The Bertz CT molecular complexity index is 553. The van der Waals surface area contributed by atoms with Crippen LogP contribution in [0.25, 0.3) is 0 Å². The Kier molecular flexibility index (Phi) is 7.35. The number of hydrazine groups is 1. The minimum Gasteiger partial charge on any atom is -0.444 e. The molecule has 3 N–H and O–H groups in total. The average Bonchev–Trinajstić information content (AvgIpc) is 2.43. The van der Waals surface area contributed by atoms with Crippen LogP contribution in [-0.4, -0.2) is 23.6 Å². The number of rotatable bonds is 6. The molecule has 0 spiro atoms. The lowest BCUT2D eigenvalue weighted by Crippen LogP contribution is -2.50. The Labute approximate surface area is 148 Å². The number of halogens is 1. The van der Waals surface area contributed by atoms with Crippen molar-refractivity contribution in [3.63, 3.8) is 0 Å². The summed E-state index contributed by atoms with van der Waals surface area (Å²) in [6.07, 6.45) is -0.123. The lowest BCUT2D eigenvalue weighted by atomic mass is 10.0. The third-order valence-corrected chi connectivity index (χ3v) is 3.14. The number of carbonyl (C=O) groups excluding carboxylic acids is 2. The molecule has 0 aliphatic carbocycles. The minimum atomic E-state index is -0.695. The van der Waals surface area contributed by atoms with Gasteiger partial charge in [-0.1, -0.05) is 25.4 Å². The van der Waals surface area contributed by atoms with Gasteiger partial charge in [0, 0.05) is 5.02 Å². The number of nitrogens with one attached hydrogen (secondary N) is 3. The molecule has 0 aromatic heterocycles. The van der Waals surface area contributed by atoms with E-state index >= 15 is 0 Å². The number of amides is 2. The molecule has 0 saturated heterocycles. The van der Waals surface area contributed by atoms with E-state index in [1.165, 1.54) is 0 Å². The van der Waals surface area contributed by atoms with E-state index in [9.17, 15) is 9.59 Å². The summed E-state index contributed by atoms with van der Waals surface area (Å²) in [5, 5.41) is 3.22. The van der Waals surface area contributed by atoms with Gasteiger partial charge in [0.2, 0.25) is 0 Å². The van der Waals surface area contributed by atoms with E-state index < -0.39 is 17.7 Å². The summed E-state index contributed by atoms with van der Waals surface area (Å²) in [5.41, 5.74) is 5.45. The molecule has 2 amide bonds. The molecule has 1 aromatic carbocycles. The van der Waals surface area contributed by atoms with Crippen molar-refractivity contribution >= 4 is 29.3 Å². The van der Waals surface area contributed by atoms with Crippen molar-refractivity contribution < 1.29 is 14.3 Å². The first-order chi connectivity index (χ1) is 11.1. The molecule has 0 saturated carbocycles. The number of hydrogen-bond donors (Lipinski definition) is 3. The predicted octanol–water partition coefficient (Wildman–Crippen LogP) is 3.72. The number of hydrogen-bond acceptors (Lipinski definition) is 4. The number of benzene rings is 1. The Morgan fingerprint density at radius 1 is 1.17 bits per heavy atom. The molecular formula is C17H26ClN3O3. The maximum absolute atomic E-state index is 12.4. The van der Waals surface area contributed by atoms with Crippen LogP contribution in [-0.2, 0) is 9.53 Å². The van der Waals surface area contributed by atoms with Gasteiger partial charge in [0.05, 0.1) is 5.69 Å². The third kappa shape index (κ3) is 8.06. The second-order valence-electron chi connectivity index (χ2n) is 6.95. The van der Waals surface area contributed by atoms with E-state index in [0.717, 1.165) is 0 Å². The number of ether oxygens (including phenoxy) is 1. The van der Waals surface area contributed by atoms with E-state index in [4.69, 9.17) is 16.3 Å². The van der Waals surface area contributed by atoms with Crippen LogP contribution in [0, 0.1) is 5.92 Å². The van der Waals surface area contributed by atoms with Gasteiger partial charge in [-0.25, -0.2) is 4.79 Å². The summed E-state index contributed by atoms with van der Waals surface area (Å²) < 4.78 is 5.21. The fourth-order valence-electron chi connectivity index (χ4n) is 1.91. The molecule has 1 atom stereocenters. The van der Waals surface area contributed by atoms with Gasteiger partial charge in [0.25, 0.3) is 5.91 Å². The second-order valence-corrected chi connectivity index (χ2v) is 7.39. The van der Waals surface area contributed by atoms with Crippen molar-refractivity contribution in [2.75, 3.05) is 5.43 Å². The Morgan fingerprint density at radius 3 is 2.25 bits per heavy atom. The van der Waals surface area contributed by atoms with E-state index in [-0.39, 0.29) is 11.8 Å². The molecule has 0 heterocycles. The SMILES string of the molecule is CC(C)CC(NC(=O)OC(C)(C)C)C(=O)NNc1ccc(Cl)cc1. The second kappa shape index (κ2) is 8.78. The largest absolute Gasteiger partial charge is 0.444 e. The van der Waals surface area contributed by atoms with Gasteiger partial charge in [-0.05, 0) is 57.4 Å². The van der Waals surface area contributed by atoms with Crippen molar-refractivity contribution in [2.45, 2.75) is 52.7 Å². The Balaban J connectivity index is 2.63. The van der Waals surface area contributed by atoms with Crippen molar-refractivity contribution in [3.05, 3.63) is 29.3 Å². The molecule has 24 heavy (non-hydrogen) atoms. The van der Waals surface area contributed by atoms with Crippen molar-refractivity contribution in [1.29, 1.82) is 0 Å². The Hall–Kier alpha value is -1.95. The summed E-state index contributed by atoms with van der Waals surface area (Å²) in [4.78, 5) is 24.3. The summed E-state index contributed by atoms with van der Waals surface area (Å²) in [6, 6.07) is 6.20. The monoisotopic (exact) mass is 355 g/mol. The topological polar surface area (TPSA) is 79.5 Å². The van der Waals surface area contributed by atoms with Gasteiger partial charge < -0.3 is 10.1 Å². The summed E-state index contributed by atoms with van der Waals surface area (Å²) >= 11 is 5.82. The van der Waals surface area contributed by atoms with Gasteiger partial charge in [-0.2, -0.15) is 0 Å². The highest BCUT2D eigenvalue weighted by atomic mass is 35.5. The van der Waals surface area contributed by atoms with Crippen LogP contribution in [0.5, 0.6) is 0 Å². The molecule has 0 aliphatic rings. The molecule has 0 aliphatic heterocycles. The normalized spacial score (nSPS) is 12.5. The molecular weight excluding hydrogens is 330 g/mol. The van der Waals surface area contributed by atoms with Crippen molar-refractivity contribution in [2.24, 2.45) is 5.92 Å². The van der Waals surface area contributed by atoms with Crippen molar-refractivity contribution in [1.82, 2.24) is 10.7 Å². The van der Waals surface area contributed by atoms with Gasteiger partial charge in [-0.15, -0.1) is 0 Å². The van der Waals surface area contributed by atoms with Gasteiger partial charge in [-0.3, -0.25) is 15.6 Å². The standard InChI is InChI=1S/C17H26ClN3O3/c1-11(2)10-14(19-16(23)24-17(3,4)5)15(22)21-20-13-8-6-12(18)7-9-13/h6-9,11,14,20H,10H2,1-5H3,(H,19,23)(H,21,22). The van der Waals surface area contributed by atoms with E-state index in [0.29, 0.717) is 17.1 Å². The quantitative estimate of drug-likeness (QED) is 0.679. The van der Waals surface area contributed by atoms with E-state index in [1.807, 2.05) is 13.8 Å². The molecule has 134 valence electrons. The lowest BCUT2D eigenvalue weighted by molar-refractivity contribution is -0.123. The average molecular weight is 356 g/mol. The van der Waals surface area contributed by atoms with Crippen LogP contribution in [0.1, 0.15) is 41.0 Å². The number of alkyl carbamates (subject to hydrolysis) is 1. The highest BCUT2D eigenvalue weighted by Crippen LogP contribution is 2.13. The molecule has 6 nitrogen and oxygen atoms in total. The van der Waals surface area contributed by atoms with Crippen LogP contribution in [0.4, 0.5) is 10.5 Å². The summed E-state index contributed by atoms with van der Waals surface area (Å²) in [6.45, 7) is 9.26. The van der Waals surface area contributed by atoms with Gasteiger partial charge >= 0.3 is 6.09 Å². The first kappa shape index (κ1) is 20.1. The van der Waals surface area contributed by atoms with Crippen LogP contribution >= 0.6 is 11.6 Å². The molecule has 1 rings (SSSR count). The maximum Gasteiger partial charge on any atom is 0.408 e. The van der Waals surface area contributed by atoms with Crippen LogP contribution in [0.3, 0.4) is 0 Å². The highest BCUT2D eigenvalue weighted by Gasteiger charge is 2.25. The molecule has 0 radical (unpaired) electrons. The minimum absolute atomic E-state index is 0.228. The summed E-state index contributed by atoms with van der Waals surface area (Å²) in [5.74, 6) is -0.115. The lowest BCUT2D eigenvalue weighted by Gasteiger charge is -2.24. The number of anilines is 1. The fraction of sp³-hybridized carbons (Fsp3) is 0.529.